The van der Waals surface area contributed by atoms with Crippen LogP contribution in [-0.4, -0.2) is 38.4 Å². The Bertz CT molecular complexity index is 971. The lowest BCUT2D eigenvalue weighted by Crippen LogP contribution is -2.31. The minimum atomic E-state index is -4.54. The molecule has 2 rings (SSSR count). The zero-order valence-electron chi connectivity index (χ0n) is 16.8. The number of ether oxygens (including phenoxy) is 4. The first-order valence-corrected chi connectivity index (χ1v) is 9.76. The minimum absolute atomic E-state index is 0.0153. The molecule has 0 aromatic heterocycles. The van der Waals surface area contributed by atoms with Gasteiger partial charge in [0.1, 0.15) is 23.9 Å². The Morgan fingerprint density at radius 2 is 1.78 bits per heavy atom. The van der Waals surface area contributed by atoms with Gasteiger partial charge in [0.2, 0.25) is 0 Å². The molecule has 0 aliphatic rings. The lowest BCUT2D eigenvalue weighted by atomic mass is 10.2. The number of methoxy groups -OCH3 is 1. The molecule has 1 atom stereocenters. The number of hydrogen-bond donors (Lipinski definition) is 1. The van der Waals surface area contributed by atoms with Crippen molar-refractivity contribution >= 4 is 35.3 Å². The van der Waals surface area contributed by atoms with Gasteiger partial charge in [-0.2, -0.15) is 13.2 Å². The predicted octanol–water partition coefficient (Wildman–Crippen LogP) is 5.47. The van der Waals surface area contributed by atoms with Gasteiger partial charge in [0, 0.05) is 6.07 Å². The van der Waals surface area contributed by atoms with Crippen LogP contribution in [0.2, 0.25) is 10.0 Å². The molecule has 12 heteroatoms. The number of halogens is 5. The summed E-state index contributed by atoms with van der Waals surface area (Å²) in [6.45, 7) is 1.36. The first kappa shape index (κ1) is 25.4. The molecule has 2 aromatic rings. The van der Waals surface area contributed by atoms with Crippen molar-refractivity contribution in [1.82, 2.24) is 5.32 Å². The average molecular weight is 496 g/mol. The summed E-state index contributed by atoms with van der Waals surface area (Å²) in [5.74, 6) is -0.499. The molecule has 0 aliphatic heterocycles. The summed E-state index contributed by atoms with van der Waals surface area (Å²) in [4.78, 5) is 23.0. The third-order valence-corrected chi connectivity index (χ3v) is 4.43. The maximum atomic E-state index is 12.8. The van der Waals surface area contributed by atoms with Gasteiger partial charge < -0.3 is 24.3 Å². The van der Waals surface area contributed by atoms with Crippen LogP contribution < -0.4 is 14.8 Å². The van der Waals surface area contributed by atoms with Crippen molar-refractivity contribution in [3.63, 3.8) is 0 Å². The highest BCUT2D eigenvalue weighted by Crippen LogP contribution is 2.38. The Labute approximate surface area is 191 Å². The normalized spacial score (nSPS) is 12.0. The van der Waals surface area contributed by atoms with Gasteiger partial charge in [-0.3, -0.25) is 0 Å². The van der Waals surface area contributed by atoms with Crippen molar-refractivity contribution in [2.75, 3.05) is 20.3 Å². The van der Waals surface area contributed by atoms with E-state index in [-0.39, 0.29) is 40.4 Å². The molecule has 174 valence electrons. The van der Waals surface area contributed by atoms with E-state index in [2.05, 4.69) is 10.1 Å². The van der Waals surface area contributed by atoms with Gasteiger partial charge in [0.25, 0.3) is 0 Å². The van der Waals surface area contributed by atoms with Crippen LogP contribution in [0.4, 0.5) is 18.0 Å². The van der Waals surface area contributed by atoms with Crippen molar-refractivity contribution < 1.29 is 41.7 Å². The van der Waals surface area contributed by atoms with Crippen LogP contribution in [0.15, 0.2) is 36.4 Å². The van der Waals surface area contributed by atoms with E-state index in [0.29, 0.717) is 0 Å². The number of alkyl halides is 3. The number of amides is 1. The van der Waals surface area contributed by atoms with Crippen molar-refractivity contribution in [3.05, 3.63) is 52.0 Å². The standard InChI is InChI=1S/C20H18Cl2F3NO6/c1-11(18(27)30-8-7-26-19(28)29-2)31-17-10-13(4-5-14(17)21)32-16-6-3-12(9-15(16)22)20(23,24)25/h3-6,9-11H,7-8H2,1-2H3,(H,26,28). The second-order valence-corrected chi connectivity index (χ2v) is 7.00. The molecule has 1 unspecified atom stereocenters. The fraction of sp³-hybridized carbons (Fsp3) is 0.300. The summed E-state index contributed by atoms with van der Waals surface area (Å²) in [6, 6.07) is 6.88. The van der Waals surface area contributed by atoms with Crippen LogP contribution in [0.3, 0.4) is 0 Å². The number of alkyl carbamates (subject to hydrolysis) is 1. The second-order valence-electron chi connectivity index (χ2n) is 6.18. The summed E-state index contributed by atoms with van der Waals surface area (Å²) in [5, 5.41) is 2.26. The molecule has 2 aromatic carbocycles. The zero-order valence-corrected chi connectivity index (χ0v) is 18.3. The monoisotopic (exact) mass is 495 g/mol. The number of esters is 1. The molecule has 0 saturated heterocycles. The minimum Gasteiger partial charge on any atom is -0.477 e. The average Bonchev–Trinajstić information content (AvgIpc) is 2.73. The molecule has 0 saturated carbocycles. The molecule has 0 radical (unpaired) electrons. The number of nitrogens with one attached hydrogen (secondary N) is 1. The Kier molecular flexibility index (Phi) is 8.85. The fourth-order valence-electron chi connectivity index (χ4n) is 2.26. The number of carbonyl (C=O) groups is 2. The summed E-state index contributed by atoms with van der Waals surface area (Å²) >= 11 is 12.0. The molecule has 0 aliphatic carbocycles. The number of benzene rings is 2. The van der Waals surface area contributed by atoms with Gasteiger partial charge in [-0.15, -0.1) is 0 Å². The van der Waals surface area contributed by atoms with Crippen LogP contribution in [0.1, 0.15) is 12.5 Å². The SMILES string of the molecule is COC(=O)NCCOC(=O)C(C)Oc1cc(Oc2ccc(C(F)(F)F)cc2Cl)ccc1Cl. The van der Waals surface area contributed by atoms with E-state index in [4.69, 9.17) is 37.4 Å². The molecule has 1 N–H and O–H groups in total. The highest BCUT2D eigenvalue weighted by molar-refractivity contribution is 6.32. The lowest BCUT2D eigenvalue weighted by molar-refractivity contribution is -0.150. The molecular weight excluding hydrogens is 478 g/mol. The van der Waals surface area contributed by atoms with Crippen LogP contribution in [-0.2, 0) is 20.4 Å². The van der Waals surface area contributed by atoms with E-state index in [1.807, 2.05) is 0 Å². The molecule has 32 heavy (non-hydrogen) atoms. The summed E-state index contributed by atoms with van der Waals surface area (Å²) in [5.41, 5.74) is -0.913. The fourth-order valence-corrected chi connectivity index (χ4v) is 2.64. The molecular formula is C20H18Cl2F3NO6. The summed E-state index contributed by atoms with van der Waals surface area (Å²) in [7, 11) is 1.20. The maximum Gasteiger partial charge on any atom is 0.416 e. The number of rotatable bonds is 8. The van der Waals surface area contributed by atoms with E-state index in [9.17, 15) is 22.8 Å². The van der Waals surface area contributed by atoms with E-state index < -0.39 is 29.9 Å². The number of hydrogen-bond acceptors (Lipinski definition) is 6. The first-order valence-electron chi connectivity index (χ1n) is 9.00. The van der Waals surface area contributed by atoms with E-state index in [1.54, 1.807) is 0 Å². The Balaban J connectivity index is 2.01. The van der Waals surface area contributed by atoms with Gasteiger partial charge in [-0.05, 0) is 37.3 Å². The largest absolute Gasteiger partial charge is 0.477 e. The predicted molar refractivity (Wildman–Crippen MR) is 109 cm³/mol. The zero-order chi connectivity index (χ0) is 23.9. The molecule has 0 fully saturated rings. The highest BCUT2D eigenvalue weighted by atomic mass is 35.5. The maximum absolute atomic E-state index is 12.8. The topological polar surface area (TPSA) is 83.1 Å². The Morgan fingerprint density at radius 3 is 2.41 bits per heavy atom. The third-order valence-electron chi connectivity index (χ3n) is 3.83. The van der Waals surface area contributed by atoms with Gasteiger partial charge in [0.05, 0.1) is 29.3 Å². The smallest absolute Gasteiger partial charge is 0.416 e. The Hall–Kier alpha value is -2.85. The second kappa shape index (κ2) is 11.1. The van der Waals surface area contributed by atoms with Crippen molar-refractivity contribution in [3.8, 4) is 17.2 Å². The van der Waals surface area contributed by atoms with Crippen LogP contribution in [0, 0.1) is 0 Å². The molecule has 0 bridgehead atoms. The Morgan fingerprint density at radius 1 is 1.06 bits per heavy atom. The van der Waals surface area contributed by atoms with Crippen LogP contribution >= 0.6 is 23.2 Å². The van der Waals surface area contributed by atoms with E-state index in [0.717, 1.165) is 18.2 Å². The van der Waals surface area contributed by atoms with Gasteiger partial charge in [0.15, 0.2) is 6.10 Å². The van der Waals surface area contributed by atoms with Gasteiger partial charge in [-0.25, -0.2) is 9.59 Å². The molecule has 0 spiro atoms. The van der Waals surface area contributed by atoms with E-state index >= 15 is 0 Å². The molecule has 0 heterocycles. The number of carbonyl (C=O) groups excluding carboxylic acids is 2. The lowest BCUT2D eigenvalue weighted by Gasteiger charge is -2.16. The van der Waals surface area contributed by atoms with Crippen LogP contribution in [0.5, 0.6) is 17.2 Å². The summed E-state index contributed by atoms with van der Waals surface area (Å²) in [6.07, 6.45) is -6.26. The molecule has 1 amide bonds. The van der Waals surface area contributed by atoms with Gasteiger partial charge in [-0.1, -0.05) is 23.2 Å². The highest BCUT2D eigenvalue weighted by Gasteiger charge is 2.31. The van der Waals surface area contributed by atoms with Crippen molar-refractivity contribution in [1.29, 1.82) is 0 Å². The van der Waals surface area contributed by atoms with Crippen molar-refractivity contribution in [2.24, 2.45) is 0 Å². The summed E-state index contributed by atoms with van der Waals surface area (Å²) < 4.78 is 58.7. The molecule has 7 nitrogen and oxygen atoms in total. The van der Waals surface area contributed by atoms with Crippen LogP contribution in [0.25, 0.3) is 0 Å². The van der Waals surface area contributed by atoms with Gasteiger partial charge >= 0.3 is 18.2 Å². The van der Waals surface area contributed by atoms with E-state index in [1.165, 1.54) is 32.2 Å². The third kappa shape index (κ3) is 7.38. The first-order chi connectivity index (χ1) is 15.0. The van der Waals surface area contributed by atoms with Crippen molar-refractivity contribution in [2.45, 2.75) is 19.2 Å². The quantitative estimate of drug-likeness (QED) is 0.386.